The molecule has 1 aromatic carbocycles. The summed E-state index contributed by atoms with van der Waals surface area (Å²) >= 11 is 1.26. The highest BCUT2D eigenvalue weighted by Crippen LogP contribution is 2.37. The fourth-order valence-corrected chi connectivity index (χ4v) is 3.80. The van der Waals surface area contributed by atoms with Crippen molar-refractivity contribution >= 4 is 29.1 Å². The zero-order valence-electron chi connectivity index (χ0n) is 14.9. The van der Waals surface area contributed by atoms with E-state index in [0.717, 1.165) is 0 Å². The first-order chi connectivity index (χ1) is 13.1. The van der Waals surface area contributed by atoms with Gasteiger partial charge in [-0.25, -0.2) is 4.39 Å². The van der Waals surface area contributed by atoms with Gasteiger partial charge in [0, 0.05) is 19.8 Å². The van der Waals surface area contributed by atoms with Crippen LogP contribution in [0.15, 0.2) is 52.0 Å². The number of amides is 2. The van der Waals surface area contributed by atoms with Gasteiger partial charge in [0.05, 0.1) is 22.5 Å². The molecule has 1 aliphatic heterocycles. The van der Waals surface area contributed by atoms with Crippen LogP contribution in [0.25, 0.3) is 5.57 Å². The van der Waals surface area contributed by atoms with Crippen molar-refractivity contribution in [1.29, 1.82) is 0 Å². The Balaban J connectivity index is 1.84. The number of ether oxygens (including phenoxy) is 1. The Morgan fingerprint density at radius 2 is 1.93 bits per heavy atom. The lowest BCUT2D eigenvalue weighted by Gasteiger charge is -2.14. The lowest BCUT2D eigenvalue weighted by Crippen LogP contribution is -2.33. The lowest BCUT2D eigenvalue weighted by atomic mass is 10.1. The van der Waals surface area contributed by atoms with E-state index in [-0.39, 0.29) is 18.4 Å². The number of halogens is 1. The van der Waals surface area contributed by atoms with Crippen LogP contribution in [0.5, 0.6) is 0 Å². The maximum absolute atomic E-state index is 13.3. The van der Waals surface area contributed by atoms with Gasteiger partial charge < -0.3 is 9.15 Å². The predicted octanol–water partition coefficient (Wildman–Crippen LogP) is 3.86. The maximum Gasteiger partial charge on any atom is 0.267 e. The molecule has 2 aromatic rings. The summed E-state index contributed by atoms with van der Waals surface area (Å²) in [6, 6.07) is 9.19. The third-order valence-corrected chi connectivity index (χ3v) is 5.17. The van der Waals surface area contributed by atoms with E-state index in [9.17, 15) is 14.0 Å². The van der Waals surface area contributed by atoms with Gasteiger partial charge in [-0.05, 0) is 43.2 Å². The van der Waals surface area contributed by atoms with Crippen LogP contribution in [-0.2, 0) is 20.1 Å². The van der Waals surface area contributed by atoms with Crippen LogP contribution in [0.1, 0.15) is 24.7 Å². The van der Waals surface area contributed by atoms with Gasteiger partial charge in [-0.15, -0.1) is 11.8 Å². The fourth-order valence-electron chi connectivity index (χ4n) is 2.77. The summed E-state index contributed by atoms with van der Waals surface area (Å²) in [6.07, 6.45) is 2.13. The van der Waals surface area contributed by atoms with Gasteiger partial charge in [0.1, 0.15) is 11.6 Å². The molecule has 0 bridgehead atoms. The molecule has 0 fully saturated rings. The van der Waals surface area contributed by atoms with Crippen LogP contribution in [0.3, 0.4) is 0 Å². The van der Waals surface area contributed by atoms with Crippen molar-refractivity contribution in [1.82, 2.24) is 4.90 Å². The molecule has 5 nitrogen and oxygen atoms in total. The number of furan rings is 1. The molecule has 1 aromatic heterocycles. The lowest BCUT2D eigenvalue weighted by molar-refractivity contribution is -0.136. The Bertz CT molecular complexity index is 830. The van der Waals surface area contributed by atoms with Crippen LogP contribution >= 0.6 is 11.8 Å². The molecule has 0 unspecified atom stereocenters. The number of carbonyl (C=O) groups is 2. The third kappa shape index (κ3) is 4.48. The topological polar surface area (TPSA) is 59.8 Å². The van der Waals surface area contributed by atoms with Crippen LogP contribution in [0.4, 0.5) is 4.39 Å². The Kier molecular flexibility index (Phi) is 6.47. The van der Waals surface area contributed by atoms with Gasteiger partial charge in [0.25, 0.3) is 11.8 Å². The number of hydrogen-bond acceptors (Lipinski definition) is 5. The number of benzene rings is 1. The zero-order chi connectivity index (χ0) is 19.2. The summed E-state index contributed by atoms with van der Waals surface area (Å²) in [5.41, 5.74) is 0.844. The second-order valence-corrected chi connectivity index (χ2v) is 6.88. The van der Waals surface area contributed by atoms with E-state index in [1.165, 1.54) is 40.9 Å². The molecule has 0 saturated carbocycles. The molecule has 0 spiro atoms. The first-order valence-corrected chi connectivity index (χ1v) is 9.69. The summed E-state index contributed by atoms with van der Waals surface area (Å²) in [7, 11) is 0. The van der Waals surface area contributed by atoms with E-state index in [1.54, 1.807) is 12.3 Å². The van der Waals surface area contributed by atoms with Crippen LogP contribution in [-0.4, -0.2) is 36.5 Å². The molecule has 3 rings (SSSR count). The minimum absolute atomic E-state index is 0.285. The molecular formula is C20H20FNO4S. The summed E-state index contributed by atoms with van der Waals surface area (Å²) in [4.78, 5) is 27.4. The molecular weight excluding hydrogens is 369 g/mol. The monoisotopic (exact) mass is 389 g/mol. The number of imide groups is 1. The van der Waals surface area contributed by atoms with Gasteiger partial charge in [-0.1, -0.05) is 12.1 Å². The Labute approximate surface area is 161 Å². The number of nitrogens with zero attached hydrogens (tertiary/aromatic N) is 1. The second kappa shape index (κ2) is 9.01. The van der Waals surface area contributed by atoms with Gasteiger partial charge in [-0.2, -0.15) is 0 Å². The quantitative estimate of drug-likeness (QED) is 0.481. The molecule has 7 heteroatoms. The molecule has 2 heterocycles. The van der Waals surface area contributed by atoms with Crippen molar-refractivity contribution in [3.8, 4) is 0 Å². The molecule has 0 atom stereocenters. The molecule has 2 amide bonds. The highest BCUT2D eigenvalue weighted by molar-refractivity contribution is 8.03. The molecule has 0 N–H and O–H groups in total. The molecule has 0 aliphatic carbocycles. The van der Waals surface area contributed by atoms with Crippen molar-refractivity contribution in [2.24, 2.45) is 0 Å². The van der Waals surface area contributed by atoms with Crippen molar-refractivity contribution in [3.63, 3.8) is 0 Å². The van der Waals surface area contributed by atoms with E-state index < -0.39 is 5.82 Å². The predicted molar refractivity (Wildman–Crippen MR) is 101 cm³/mol. The fraction of sp³-hybridized carbons (Fsp3) is 0.300. The molecule has 0 radical (unpaired) electrons. The number of thioether (sulfide) groups is 1. The normalized spacial score (nSPS) is 14.5. The minimum Gasteiger partial charge on any atom is -0.468 e. The summed E-state index contributed by atoms with van der Waals surface area (Å²) < 4.78 is 23.9. The highest BCUT2D eigenvalue weighted by Gasteiger charge is 2.38. The molecule has 142 valence electrons. The van der Waals surface area contributed by atoms with Crippen molar-refractivity contribution < 1.29 is 23.1 Å². The summed E-state index contributed by atoms with van der Waals surface area (Å²) in [5.74, 6) is 0.0617. The maximum atomic E-state index is 13.3. The van der Waals surface area contributed by atoms with Crippen molar-refractivity contribution in [2.45, 2.75) is 19.1 Å². The standard InChI is InChI=1S/C20H20FNO4S/c1-2-25-11-4-10-22-19(23)17(14-6-8-15(21)9-7-14)18(20(22)24)27-13-16-5-3-12-26-16/h3,5-9,12H,2,4,10-11,13H2,1H3. The van der Waals surface area contributed by atoms with E-state index >= 15 is 0 Å². The number of rotatable bonds is 9. The van der Waals surface area contributed by atoms with E-state index in [2.05, 4.69) is 0 Å². The van der Waals surface area contributed by atoms with E-state index in [0.29, 0.717) is 47.2 Å². The first-order valence-electron chi connectivity index (χ1n) is 8.71. The van der Waals surface area contributed by atoms with Crippen LogP contribution < -0.4 is 0 Å². The van der Waals surface area contributed by atoms with Crippen molar-refractivity contribution in [3.05, 3.63) is 64.7 Å². The zero-order valence-corrected chi connectivity index (χ0v) is 15.8. The molecule has 27 heavy (non-hydrogen) atoms. The molecule has 1 aliphatic rings. The third-order valence-electron chi connectivity index (χ3n) is 4.07. The minimum atomic E-state index is -0.394. The first kappa shape index (κ1) is 19.4. The second-order valence-electron chi connectivity index (χ2n) is 5.89. The smallest absolute Gasteiger partial charge is 0.267 e. The van der Waals surface area contributed by atoms with Gasteiger partial charge >= 0.3 is 0 Å². The molecule has 0 saturated heterocycles. The Hall–Kier alpha value is -2.38. The van der Waals surface area contributed by atoms with Gasteiger partial charge in [0.15, 0.2) is 0 Å². The highest BCUT2D eigenvalue weighted by atomic mass is 32.2. The number of carbonyl (C=O) groups excluding carboxylic acids is 2. The Morgan fingerprint density at radius 1 is 1.15 bits per heavy atom. The average Bonchev–Trinajstić information content (AvgIpc) is 3.26. The van der Waals surface area contributed by atoms with Gasteiger partial charge in [0.2, 0.25) is 0 Å². The van der Waals surface area contributed by atoms with E-state index in [1.807, 2.05) is 13.0 Å². The SMILES string of the molecule is CCOCCCN1C(=O)C(SCc2ccco2)=C(c2ccc(F)cc2)C1=O. The van der Waals surface area contributed by atoms with Crippen LogP contribution in [0.2, 0.25) is 0 Å². The van der Waals surface area contributed by atoms with Crippen LogP contribution in [0, 0.1) is 5.82 Å². The van der Waals surface area contributed by atoms with Crippen molar-refractivity contribution in [2.75, 3.05) is 19.8 Å². The van der Waals surface area contributed by atoms with E-state index in [4.69, 9.17) is 9.15 Å². The Morgan fingerprint density at radius 3 is 2.59 bits per heavy atom. The van der Waals surface area contributed by atoms with Gasteiger partial charge in [-0.3, -0.25) is 14.5 Å². The largest absolute Gasteiger partial charge is 0.468 e. The summed E-state index contributed by atoms with van der Waals surface area (Å²) in [6.45, 7) is 3.25. The average molecular weight is 389 g/mol. The summed E-state index contributed by atoms with van der Waals surface area (Å²) in [5, 5.41) is 0. The number of hydrogen-bond donors (Lipinski definition) is 0.